The van der Waals surface area contributed by atoms with E-state index in [2.05, 4.69) is 33.8 Å². The number of carbonyl (C=O) groups is 3. The number of allylic oxidation sites excluding steroid dienone is 2. The van der Waals surface area contributed by atoms with Gasteiger partial charge in [0, 0.05) is 24.2 Å². The molecule has 0 aromatic carbocycles. The van der Waals surface area contributed by atoms with E-state index in [1.54, 1.807) is 5.57 Å². The maximum Gasteiger partial charge on any atom is 0.155 e. The number of Topliss-reactive ketones (excluding diaryl/α,β-unsaturated/α-hetero) is 2. The van der Waals surface area contributed by atoms with Gasteiger partial charge in [0.25, 0.3) is 0 Å². The molecule has 4 heteroatoms. The zero-order chi connectivity index (χ0) is 31.2. The van der Waals surface area contributed by atoms with E-state index in [4.69, 9.17) is 0 Å². The third-order valence-electron chi connectivity index (χ3n) is 16.2. The average molecular weight is 603 g/mol. The van der Waals surface area contributed by atoms with E-state index in [0.717, 1.165) is 82.0 Å². The summed E-state index contributed by atoms with van der Waals surface area (Å²) in [5, 5.41) is 10.1. The minimum Gasteiger partial charge on any atom is -0.393 e. The molecule has 8 aliphatic rings. The van der Waals surface area contributed by atoms with E-state index in [9.17, 15) is 19.5 Å². The largest absolute Gasteiger partial charge is 0.393 e. The van der Waals surface area contributed by atoms with Gasteiger partial charge in [0.05, 0.1) is 6.10 Å². The number of carbonyl (C=O) groups excluding carboxylic acids is 3. The summed E-state index contributed by atoms with van der Waals surface area (Å²) in [5.74, 6) is 5.89. The summed E-state index contributed by atoms with van der Waals surface area (Å²) in [7, 11) is 0. The molecule has 0 aromatic rings. The van der Waals surface area contributed by atoms with E-state index in [-0.39, 0.29) is 22.3 Å². The Morgan fingerprint density at radius 2 is 1.39 bits per heavy atom. The molecule has 0 aromatic heterocycles. The Kier molecular flexibility index (Phi) is 7.59. The summed E-state index contributed by atoms with van der Waals surface area (Å²) < 4.78 is 0. The van der Waals surface area contributed by atoms with Gasteiger partial charge < -0.3 is 5.11 Å². The van der Waals surface area contributed by atoms with Crippen LogP contribution in [0.3, 0.4) is 0 Å². The van der Waals surface area contributed by atoms with Gasteiger partial charge in [0.2, 0.25) is 0 Å². The van der Waals surface area contributed by atoms with Crippen LogP contribution in [-0.2, 0) is 14.4 Å². The van der Waals surface area contributed by atoms with Gasteiger partial charge in [0.1, 0.15) is 11.6 Å². The summed E-state index contributed by atoms with van der Waals surface area (Å²) in [6, 6.07) is 0. The highest BCUT2D eigenvalue weighted by Crippen LogP contribution is 2.67. The van der Waals surface area contributed by atoms with E-state index in [1.807, 2.05) is 13.0 Å². The van der Waals surface area contributed by atoms with Crippen LogP contribution in [0.2, 0.25) is 0 Å². The van der Waals surface area contributed by atoms with E-state index < -0.39 is 0 Å². The lowest BCUT2D eigenvalue weighted by Crippen LogP contribution is -2.50. The zero-order valence-electron chi connectivity index (χ0n) is 28.3. The first-order valence-electron chi connectivity index (χ1n) is 18.5. The fraction of sp³-hybridized carbons (Fsp3) is 0.825. The van der Waals surface area contributed by atoms with Crippen LogP contribution in [0, 0.1) is 63.1 Å². The maximum absolute atomic E-state index is 12.4. The molecule has 0 heterocycles. The first kappa shape index (κ1) is 31.1. The highest BCUT2D eigenvalue weighted by Gasteiger charge is 2.60. The molecule has 6 fully saturated rings. The molecular formula is C40H58O4. The second kappa shape index (κ2) is 10.7. The van der Waals surface area contributed by atoms with Crippen molar-refractivity contribution < 1.29 is 19.5 Å². The zero-order valence-corrected chi connectivity index (χ0v) is 28.3. The Bertz CT molecular complexity index is 1290. The van der Waals surface area contributed by atoms with Crippen LogP contribution in [0.1, 0.15) is 137 Å². The fourth-order valence-corrected chi connectivity index (χ4v) is 13.6. The van der Waals surface area contributed by atoms with Gasteiger partial charge in [-0.3, -0.25) is 14.4 Å². The molecule has 0 bridgehead atoms. The van der Waals surface area contributed by atoms with Crippen molar-refractivity contribution in [2.24, 2.45) is 63.1 Å². The Balaban J connectivity index is 0.000000143. The van der Waals surface area contributed by atoms with Gasteiger partial charge in [0.15, 0.2) is 5.78 Å². The van der Waals surface area contributed by atoms with Crippen LogP contribution < -0.4 is 0 Å². The van der Waals surface area contributed by atoms with Crippen LogP contribution in [0.15, 0.2) is 23.3 Å². The molecule has 0 radical (unpaired) electrons. The van der Waals surface area contributed by atoms with Crippen LogP contribution in [-0.4, -0.2) is 28.6 Å². The number of rotatable bonds is 1. The fourth-order valence-electron chi connectivity index (χ4n) is 13.6. The van der Waals surface area contributed by atoms with Crippen LogP contribution in [0.4, 0.5) is 0 Å². The van der Waals surface area contributed by atoms with Crippen molar-refractivity contribution in [1.82, 2.24) is 0 Å². The molecule has 6 saturated carbocycles. The van der Waals surface area contributed by atoms with Crippen molar-refractivity contribution in [3.8, 4) is 0 Å². The van der Waals surface area contributed by atoms with Gasteiger partial charge >= 0.3 is 0 Å². The third-order valence-corrected chi connectivity index (χ3v) is 16.2. The summed E-state index contributed by atoms with van der Waals surface area (Å²) >= 11 is 0. The summed E-state index contributed by atoms with van der Waals surface area (Å²) in [4.78, 5) is 36.3. The quantitative estimate of drug-likeness (QED) is 0.305. The van der Waals surface area contributed by atoms with Crippen molar-refractivity contribution in [1.29, 1.82) is 0 Å². The lowest BCUT2D eigenvalue weighted by molar-refractivity contribution is -0.132. The average Bonchev–Trinajstić information content (AvgIpc) is 3.50. The first-order valence-corrected chi connectivity index (χ1v) is 18.5. The highest BCUT2D eigenvalue weighted by molar-refractivity contribution is 5.91. The van der Waals surface area contributed by atoms with Gasteiger partial charge in [-0.1, -0.05) is 44.9 Å². The second-order valence-electron chi connectivity index (χ2n) is 17.8. The summed E-state index contributed by atoms with van der Waals surface area (Å²) in [5.41, 5.74) is 3.75. The molecule has 0 amide bonds. The number of ketones is 3. The molecule has 0 spiro atoms. The molecule has 44 heavy (non-hydrogen) atoms. The molecule has 8 aliphatic carbocycles. The number of hydrogen-bond acceptors (Lipinski definition) is 4. The van der Waals surface area contributed by atoms with Crippen molar-refractivity contribution in [2.45, 2.75) is 143 Å². The van der Waals surface area contributed by atoms with Gasteiger partial charge in [-0.15, -0.1) is 0 Å². The standard InChI is InChI=1S/C21H32O2.C19H26O2/c1-13(22)17-6-7-18-16-5-4-14-12-15(23)8-10-20(14,2)19(16)9-11-21(17,18)3;1-18-9-7-13(20)11-12(18)3-4-14-15-5-6-17(21)19(15,2)10-8-16(14)18/h4,15-19,23H,5-12H2,1-3H3;11,14-16H,3-10H2,1-2H3/t15-,16-,17+,18-,19-,20-,21+;14-,15-,16-,18-,19-/m00/s1. The number of fused-ring (bicyclic) bond motifs is 10. The Morgan fingerprint density at radius 1 is 0.705 bits per heavy atom. The highest BCUT2D eigenvalue weighted by atomic mass is 16.3. The lowest BCUT2D eigenvalue weighted by Gasteiger charge is -2.57. The SMILES string of the molecule is CC(=O)[C@H]1CC[C@H]2[C@@H]3CC=C4C[C@@H](O)CC[C@]4(C)[C@H]3CC[C@]12C.C[C@]12CCC(=O)C=C1CC[C@@H]1[C@@H]2CC[C@]2(C)C(=O)CC[C@@H]12. The smallest absolute Gasteiger partial charge is 0.155 e. The van der Waals surface area contributed by atoms with Gasteiger partial charge in [-0.05, 0) is 155 Å². The third kappa shape index (κ3) is 4.49. The summed E-state index contributed by atoms with van der Waals surface area (Å²) in [6.07, 6.45) is 21.7. The van der Waals surface area contributed by atoms with Gasteiger partial charge in [-0.2, -0.15) is 0 Å². The lowest BCUT2D eigenvalue weighted by atomic mass is 9.47. The Morgan fingerprint density at radius 3 is 2.16 bits per heavy atom. The van der Waals surface area contributed by atoms with Gasteiger partial charge in [-0.25, -0.2) is 0 Å². The predicted octanol–water partition coefficient (Wildman–Crippen LogP) is 8.60. The van der Waals surface area contributed by atoms with Crippen molar-refractivity contribution in [3.05, 3.63) is 23.3 Å². The van der Waals surface area contributed by atoms with Crippen LogP contribution in [0.5, 0.6) is 0 Å². The molecule has 0 unspecified atom stereocenters. The molecule has 0 aliphatic heterocycles. The number of aliphatic hydroxyl groups is 1. The van der Waals surface area contributed by atoms with E-state index >= 15 is 0 Å². The second-order valence-corrected chi connectivity index (χ2v) is 17.8. The topological polar surface area (TPSA) is 71.4 Å². The van der Waals surface area contributed by atoms with Crippen molar-refractivity contribution >= 4 is 17.3 Å². The van der Waals surface area contributed by atoms with Crippen molar-refractivity contribution in [2.75, 3.05) is 0 Å². The molecule has 4 nitrogen and oxygen atoms in total. The molecule has 12 atom stereocenters. The number of aliphatic hydroxyl groups excluding tert-OH is 1. The summed E-state index contributed by atoms with van der Waals surface area (Å²) in [6.45, 7) is 11.3. The van der Waals surface area contributed by atoms with Crippen LogP contribution in [0.25, 0.3) is 0 Å². The molecule has 8 rings (SSSR count). The molecule has 0 saturated heterocycles. The minimum atomic E-state index is -0.117. The normalized spacial score (nSPS) is 50.8. The predicted molar refractivity (Wildman–Crippen MR) is 174 cm³/mol. The van der Waals surface area contributed by atoms with E-state index in [1.165, 1.54) is 44.1 Å². The van der Waals surface area contributed by atoms with Crippen LogP contribution >= 0.6 is 0 Å². The van der Waals surface area contributed by atoms with E-state index in [0.29, 0.717) is 46.4 Å². The molecular weight excluding hydrogens is 544 g/mol. The first-order chi connectivity index (χ1) is 20.8. The molecule has 242 valence electrons. The molecule has 1 N–H and O–H groups in total. The Labute approximate surface area is 266 Å². The Hall–Kier alpha value is -1.55. The minimum absolute atomic E-state index is 0.0246. The number of hydrogen-bond donors (Lipinski definition) is 1. The maximum atomic E-state index is 12.4. The monoisotopic (exact) mass is 602 g/mol. The van der Waals surface area contributed by atoms with Crippen molar-refractivity contribution in [3.63, 3.8) is 0 Å².